The second-order valence-corrected chi connectivity index (χ2v) is 29.0. The van der Waals surface area contributed by atoms with Gasteiger partial charge in [0.15, 0.2) is 0 Å². The summed E-state index contributed by atoms with van der Waals surface area (Å²) in [6.45, 7) is 32.1. The van der Waals surface area contributed by atoms with E-state index < -0.39 is 105 Å². The van der Waals surface area contributed by atoms with Gasteiger partial charge in [-0.05, 0) is 139 Å². The molecule has 2 unspecified atom stereocenters. The van der Waals surface area contributed by atoms with Gasteiger partial charge in [0.1, 0.15) is 0 Å². The van der Waals surface area contributed by atoms with E-state index in [1.807, 2.05) is 123 Å². The number of carbonyl (C=O) groups is 8. The molecule has 0 aliphatic carbocycles. The van der Waals surface area contributed by atoms with Crippen LogP contribution in [-0.4, -0.2) is 133 Å². The Morgan fingerprint density at radius 2 is 0.990 bits per heavy atom. The summed E-state index contributed by atoms with van der Waals surface area (Å²) in [6, 6.07) is 6.01. The van der Waals surface area contributed by atoms with Crippen LogP contribution in [0.15, 0.2) is 85.6 Å². The fourth-order valence-electron chi connectivity index (χ4n) is 15.5. The van der Waals surface area contributed by atoms with Crippen molar-refractivity contribution in [1.82, 2.24) is 20.6 Å². The molecule has 5 aliphatic heterocycles. The van der Waals surface area contributed by atoms with Crippen LogP contribution in [0.3, 0.4) is 0 Å². The lowest BCUT2D eigenvalue weighted by atomic mass is 9.55. The molecule has 22 heteroatoms. The van der Waals surface area contributed by atoms with Gasteiger partial charge in [-0.1, -0.05) is 83.1 Å². The zero-order valence-corrected chi connectivity index (χ0v) is 62.4. The molecule has 22 nitrogen and oxygen atoms in total. The molecule has 7 heterocycles. The van der Waals surface area contributed by atoms with Crippen molar-refractivity contribution < 1.29 is 71.5 Å². The number of amides is 1. The third kappa shape index (κ3) is 17.7. The van der Waals surface area contributed by atoms with Crippen molar-refractivity contribution in [2.24, 2.45) is 60.3 Å². The maximum absolute atomic E-state index is 15.9. The molecule has 2 aromatic rings. The van der Waals surface area contributed by atoms with Crippen LogP contribution in [0.5, 0.6) is 0 Å². The van der Waals surface area contributed by atoms with Gasteiger partial charge in [-0.3, -0.25) is 63.3 Å². The summed E-state index contributed by atoms with van der Waals surface area (Å²) in [5, 5.41) is 7.30. The summed E-state index contributed by atoms with van der Waals surface area (Å²) < 4.78 is 41.3. The predicted octanol–water partition coefficient (Wildman–Crippen LogP) is 13.5. The molecule has 548 valence electrons. The van der Waals surface area contributed by atoms with Gasteiger partial charge in [-0.25, -0.2) is 0 Å². The van der Waals surface area contributed by atoms with Crippen LogP contribution in [0.25, 0.3) is 11.4 Å². The number of rotatable bonds is 35. The number of pyridine rings is 2. The Hall–Kier alpha value is -7.91. The maximum atomic E-state index is 15.9. The Kier molecular flexibility index (Phi) is 27.9. The van der Waals surface area contributed by atoms with Crippen LogP contribution in [-0.2, 0) is 66.7 Å². The first-order valence-corrected chi connectivity index (χ1v) is 36.6. The summed E-state index contributed by atoms with van der Waals surface area (Å²) in [5.41, 5.74) is -0.338. The average Bonchev–Trinajstić information content (AvgIpc) is 1.53. The van der Waals surface area contributed by atoms with E-state index in [4.69, 9.17) is 48.1 Å². The number of aliphatic imine (C=N–C) groups is 3. The zero-order chi connectivity index (χ0) is 73.3. The monoisotopic (exact) mass is 1390 g/mol. The number of ether oxygens (including phenoxy) is 7. The minimum Gasteiger partial charge on any atom is -0.466 e. The van der Waals surface area contributed by atoms with Gasteiger partial charge in [-0.15, -0.1) is 0 Å². The topological polar surface area (TPSA) is 288 Å². The fourth-order valence-corrected chi connectivity index (χ4v) is 15.5. The molecule has 100 heavy (non-hydrogen) atoms. The Balaban J connectivity index is 1.73. The number of esters is 7. The van der Waals surface area contributed by atoms with E-state index in [-0.39, 0.29) is 128 Å². The van der Waals surface area contributed by atoms with E-state index in [1.165, 1.54) is 0 Å². The lowest BCUT2D eigenvalue weighted by Crippen LogP contribution is -2.55. The molecule has 2 aromatic heterocycles. The van der Waals surface area contributed by atoms with E-state index in [2.05, 4.69) is 20.6 Å². The highest BCUT2D eigenvalue weighted by Gasteiger charge is 2.67. The van der Waals surface area contributed by atoms with Crippen LogP contribution in [0.4, 0.5) is 0 Å². The highest BCUT2D eigenvalue weighted by Crippen LogP contribution is 2.63. The first kappa shape index (κ1) is 79.4. The summed E-state index contributed by atoms with van der Waals surface area (Å²) in [7, 11) is 0. The third-order valence-corrected chi connectivity index (χ3v) is 21.1. The Bertz CT molecular complexity index is 3550. The molecule has 2 N–H and O–H groups in total. The Labute approximate surface area is 592 Å². The Morgan fingerprint density at radius 3 is 1.52 bits per heavy atom. The van der Waals surface area contributed by atoms with Gasteiger partial charge in [-0.2, -0.15) is 0 Å². The largest absolute Gasteiger partial charge is 0.466 e. The number of fused-ring (bicyclic) bond motifs is 6. The lowest BCUT2D eigenvalue weighted by molar-refractivity contribution is -0.150. The number of carbonyl (C=O) groups excluding carboxylic acids is 8. The highest BCUT2D eigenvalue weighted by atomic mass is 16.6. The van der Waals surface area contributed by atoms with Crippen LogP contribution in [0.2, 0.25) is 0 Å². The van der Waals surface area contributed by atoms with Gasteiger partial charge < -0.3 is 43.8 Å². The quantitative estimate of drug-likeness (QED) is 0.0479. The summed E-state index contributed by atoms with van der Waals surface area (Å²) in [4.78, 5) is 144. The molecule has 9 atom stereocenters. The molecule has 1 saturated heterocycles. The minimum absolute atomic E-state index is 0.0412. The molecular formula is C78H111N7O15. The van der Waals surface area contributed by atoms with Crippen molar-refractivity contribution in [2.45, 2.75) is 238 Å². The smallest absolute Gasteiger partial charge is 0.306 e. The molecule has 0 aromatic carbocycles. The molecule has 1 fully saturated rings. The zero-order valence-electron chi connectivity index (χ0n) is 62.4. The normalized spacial score (nSPS) is 25.7. The van der Waals surface area contributed by atoms with Gasteiger partial charge in [0.2, 0.25) is 0 Å². The van der Waals surface area contributed by atoms with E-state index in [9.17, 15) is 33.6 Å². The van der Waals surface area contributed by atoms with E-state index >= 15 is 4.79 Å². The molecule has 0 radical (unpaired) electrons. The minimum atomic E-state index is -1.50. The number of aryl methyl sites for hydroxylation is 1. The standard InChI is InChI=1S/C78H111N7O15/c1-17-36-94-58(86)27-24-52-65-49(9)69-75(13,33-30-61(89)97-39-20-4)55(45-62(90)98-40-21-5)71(84-69)78(16)77(15,47-64(92)100-42-23-7)54(26-29-60(88)96-38-19-3)66(85-78)50(10)70-76(14,46-63(91)99-41-22-6)53(25-28-59(87)95-37-18-2)67(82-70)68(72(81-65)74(52,11)12)83-73(93)51-32-35-80-57(44-51)56-43-48(8)31-34-79-56/h31-32,34-35,43-44,52-55,71,82H,17-30,33,36-42,45-47H2,1-16H3,(H,83,93)/b65-49-,68-67?,70-50?/t52-,53?,54-,55+,71?,75-,76+,77+,78+/m1/s1. The maximum Gasteiger partial charge on any atom is 0.306 e. The number of hydrogen-bond donors (Lipinski definition) is 2. The van der Waals surface area contributed by atoms with Crippen molar-refractivity contribution in [2.75, 3.05) is 46.2 Å². The van der Waals surface area contributed by atoms with Crippen molar-refractivity contribution in [3.05, 3.63) is 81.7 Å². The lowest BCUT2D eigenvalue weighted by Gasteiger charge is -2.48. The number of nitrogens with zero attached hydrogens (tertiary/aromatic N) is 5. The van der Waals surface area contributed by atoms with Crippen LogP contribution < -0.4 is 10.6 Å². The molecule has 8 bridgehead atoms. The van der Waals surface area contributed by atoms with Crippen molar-refractivity contribution >= 4 is 64.8 Å². The van der Waals surface area contributed by atoms with Crippen LogP contribution >= 0.6 is 0 Å². The van der Waals surface area contributed by atoms with Gasteiger partial charge in [0, 0.05) is 117 Å². The van der Waals surface area contributed by atoms with Crippen LogP contribution in [0.1, 0.15) is 235 Å². The third-order valence-electron chi connectivity index (χ3n) is 21.1. The molecule has 1 amide bonds. The molecule has 0 saturated carbocycles. The van der Waals surface area contributed by atoms with Crippen molar-refractivity contribution in [1.29, 1.82) is 0 Å². The number of allylic oxidation sites excluding steroid dienone is 6. The van der Waals surface area contributed by atoms with Gasteiger partial charge in [0.05, 0.1) is 99.9 Å². The molecule has 0 spiro atoms. The molecule has 5 aliphatic rings. The van der Waals surface area contributed by atoms with Gasteiger partial charge >= 0.3 is 41.8 Å². The first-order chi connectivity index (χ1) is 47.6. The first-order valence-electron chi connectivity index (χ1n) is 36.6. The average molecular weight is 1390 g/mol. The van der Waals surface area contributed by atoms with E-state index in [0.29, 0.717) is 102 Å². The number of aromatic nitrogens is 2. The van der Waals surface area contributed by atoms with Gasteiger partial charge in [0.25, 0.3) is 5.91 Å². The second-order valence-electron chi connectivity index (χ2n) is 29.0. The second kappa shape index (κ2) is 35.1. The molecule has 7 rings (SSSR count). The Morgan fingerprint density at radius 1 is 0.520 bits per heavy atom. The highest BCUT2D eigenvalue weighted by molar-refractivity contribution is 6.14. The summed E-state index contributed by atoms with van der Waals surface area (Å²) >= 11 is 0. The van der Waals surface area contributed by atoms with Crippen LogP contribution in [0, 0.1) is 52.3 Å². The summed E-state index contributed by atoms with van der Waals surface area (Å²) in [5.74, 6) is -7.09. The van der Waals surface area contributed by atoms with Crippen molar-refractivity contribution in [3.8, 4) is 11.4 Å². The number of hydrogen-bond acceptors (Lipinski definition) is 21. The van der Waals surface area contributed by atoms with E-state index in [0.717, 1.165) is 5.56 Å². The summed E-state index contributed by atoms with van der Waals surface area (Å²) in [6.07, 6.45) is 6.51. The van der Waals surface area contributed by atoms with E-state index in [1.54, 1.807) is 24.5 Å². The molecular weight excluding hydrogens is 1270 g/mol. The van der Waals surface area contributed by atoms with Crippen molar-refractivity contribution in [3.63, 3.8) is 0 Å². The fraction of sp³-hybridized carbons (Fsp3) is 0.654. The number of nitrogens with one attached hydrogen (secondary N) is 2. The SMILES string of the molecule is CCCOC(=O)CCC1C2=C(NC(=O)c3ccnc(-c4cc(C)ccn4)c3)C3=N/C(=C(/C)C4=NC([C@H](CC(=O)OCCC)[C@@]4(C)CCC(=O)OCCC)[C@]4(C)N=C(C(C)=C(N2)[C@@]1(C)CC(=O)OCCC)[C@@H](CCC(=O)OCCC)[C@]4(C)CC(=O)OCCC)[C@@H](CCC(=O)OCCC)C3(C)C. The predicted molar refractivity (Wildman–Crippen MR) is 381 cm³/mol.